The molecule has 0 aliphatic carbocycles. The maximum atomic E-state index is 11.2. The monoisotopic (exact) mass is 344 g/mol. The minimum Gasteiger partial charge on any atom is -0.477 e. The summed E-state index contributed by atoms with van der Waals surface area (Å²) in [5.74, 6) is -1.18. The topological polar surface area (TPSA) is 105 Å². The first-order valence-electron chi connectivity index (χ1n) is 6.17. The number of carboxylic acid groups (broad SMARTS) is 1. The lowest BCUT2D eigenvalue weighted by Crippen LogP contribution is -2.32. The molecule has 0 bridgehead atoms. The van der Waals surface area contributed by atoms with Gasteiger partial charge in [-0.3, -0.25) is 4.28 Å². The molecule has 0 radical (unpaired) electrons. The number of allylic oxidation sites excluding steroid dienone is 1. The molecular weight excluding hydrogens is 332 g/mol. The summed E-state index contributed by atoms with van der Waals surface area (Å²) in [7, 11) is -3.75. The van der Waals surface area contributed by atoms with E-state index in [1.807, 2.05) is 0 Å². The molecule has 22 heavy (non-hydrogen) atoms. The minimum atomic E-state index is -3.75. The molecule has 1 unspecified atom stereocenters. The van der Waals surface area contributed by atoms with E-state index in [1.165, 1.54) is 6.08 Å². The average molecular weight is 345 g/mol. The van der Waals surface area contributed by atoms with Gasteiger partial charge in [0.1, 0.15) is 5.70 Å². The van der Waals surface area contributed by atoms with Gasteiger partial charge in [-0.15, -0.1) is 0 Å². The molecule has 1 aromatic rings. The molecule has 0 saturated heterocycles. The predicted octanol–water partition coefficient (Wildman–Crippen LogP) is 1.68. The molecule has 9 heteroatoms. The highest BCUT2D eigenvalue weighted by Gasteiger charge is 2.24. The Morgan fingerprint density at radius 1 is 1.41 bits per heavy atom. The summed E-state index contributed by atoms with van der Waals surface area (Å²) in [5.41, 5.74) is 0.909. The zero-order valence-electron chi connectivity index (χ0n) is 11.5. The maximum Gasteiger partial charge on any atom is 0.352 e. The number of rotatable bonds is 4. The van der Waals surface area contributed by atoms with Crippen molar-refractivity contribution >= 4 is 33.4 Å². The largest absolute Gasteiger partial charge is 0.477 e. The summed E-state index contributed by atoms with van der Waals surface area (Å²) in [5, 5.41) is 16.0. The molecule has 0 aromatic heterocycles. The van der Waals surface area contributed by atoms with Crippen LogP contribution in [0.2, 0.25) is 5.02 Å². The molecule has 1 aliphatic rings. The van der Waals surface area contributed by atoms with Gasteiger partial charge < -0.3 is 10.4 Å². The second-order valence-electron chi connectivity index (χ2n) is 4.68. The van der Waals surface area contributed by atoms with Crippen LogP contribution < -0.4 is 5.32 Å². The Bertz CT molecular complexity index is 740. The zero-order valence-corrected chi connectivity index (χ0v) is 13.1. The van der Waals surface area contributed by atoms with Crippen molar-refractivity contribution in [1.82, 2.24) is 5.32 Å². The number of carboxylic acids is 1. The van der Waals surface area contributed by atoms with E-state index in [0.717, 1.165) is 11.8 Å². The Labute approximate surface area is 132 Å². The van der Waals surface area contributed by atoms with Crippen LogP contribution in [-0.4, -0.2) is 31.5 Å². The third kappa shape index (κ3) is 4.47. The van der Waals surface area contributed by atoms with Gasteiger partial charge in [0.15, 0.2) is 0 Å². The summed E-state index contributed by atoms with van der Waals surface area (Å²) in [6, 6.07) is 6.48. The first-order chi connectivity index (χ1) is 10.2. The van der Waals surface area contributed by atoms with Crippen molar-refractivity contribution in [2.24, 2.45) is 5.16 Å². The minimum absolute atomic E-state index is 0.0953. The molecule has 1 atom stereocenters. The van der Waals surface area contributed by atoms with E-state index in [4.69, 9.17) is 16.7 Å². The Morgan fingerprint density at radius 2 is 2.05 bits per heavy atom. The third-order valence-corrected chi connectivity index (χ3v) is 3.44. The van der Waals surface area contributed by atoms with Crippen molar-refractivity contribution in [3.63, 3.8) is 0 Å². The van der Waals surface area contributed by atoms with Gasteiger partial charge in [0.2, 0.25) is 0 Å². The van der Waals surface area contributed by atoms with Gasteiger partial charge in [0, 0.05) is 11.4 Å². The highest BCUT2D eigenvalue weighted by atomic mass is 35.5. The van der Waals surface area contributed by atoms with E-state index in [-0.39, 0.29) is 23.9 Å². The SMILES string of the molecule is CS(=O)(=O)O/N=C1\C=C(C(=O)O)NC(c2ccc(Cl)cc2)C1. The first-order valence-corrected chi connectivity index (χ1v) is 8.36. The molecule has 1 aliphatic heterocycles. The highest BCUT2D eigenvalue weighted by Crippen LogP contribution is 2.24. The van der Waals surface area contributed by atoms with Crippen molar-refractivity contribution in [1.29, 1.82) is 0 Å². The van der Waals surface area contributed by atoms with E-state index >= 15 is 0 Å². The van der Waals surface area contributed by atoms with Gasteiger partial charge in [-0.2, -0.15) is 8.42 Å². The lowest BCUT2D eigenvalue weighted by atomic mass is 9.97. The van der Waals surface area contributed by atoms with Crippen LogP contribution >= 0.6 is 11.6 Å². The molecule has 2 N–H and O–H groups in total. The Hall–Kier alpha value is -2.06. The number of carbonyl (C=O) groups is 1. The Kier molecular flexibility index (Phi) is 4.72. The van der Waals surface area contributed by atoms with Crippen molar-refractivity contribution in [2.45, 2.75) is 12.5 Å². The number of nitrogens with one attached hydrogen (secondary N) is 1. The highest BCUT2D eigenvalue weighted by molar-refractivity contribution is 7.85. The maximum absolute atomic E-state index is 11.2. The van der Waals surface area contributed by atoms with Gasteiger partial charge in [0.05, 0.1) is 18.0 Å². The van der Waals surface area contributed by atoms with Crippen molar-refractivity contribution in [3.05, 3.63) is 46.6 Å². The van der Waals surface area contributed by atoms with Crippen molar-refractivity contribution in [2.75, 3.05) is 6.26 Å². The van der Waals surface area contributed by atoms with Gasteiger partial charge >= 0.3 is 16.1 Å². The van der Waals surface area contributed by atoms with Gasteiger partial charge in [-0.05, 0) is 23.8 Å². The molecule has 0 fully saturated rings. The summed E-state index contributed by atoms with van der Waals surface area (Å²) in [6.45, 7) is 0. The summed E-state index contributed by atoms with van der Waals surface area (Å²) < 4.78 is 26.3. The zero-order chi connectivity index (χ0) is 16.3. The Morgan fingerprint density at radius 3 is 2.59 bits per heavy atom. The van der Waals surface area contributed by atoms with E-state index in [1.54, 1.807) is 24.3 Å². The number of aliphatic carboxylic acids is 1. The molecule has 0 spiro atoms. The molecular formula is C13H13ClN2O5S. The van der Waals surface area contributed by atoms with Crippen LogP contribution in [0, 0.1) is 0 Å². The van der Waals surface area contributed by atoms with Crippen LogP contribution in [-0.2, 0) is 19.2 Å². The molecule has 0 saturated carbocycles. The van der Waals surface area contributed by atoms with Crippen LogP contribution in [0.3, 0.4) is 0 Å². The lowest BCUT2D eigenvalue weighted by molar-refractivity contribution is -0.133. The number of oxime groups is 1. The van der Waals surface area contributed by atoms with Gasteiger partial charge in [-0.25, -0.2) is 4.79 Å². The number of nitrogens with zero attached hydrogens (tertiary/aromatic N) is 1. The van der Waals surface area contributed by atoms with Gasteiger partial charge in [0.25, 0.3) is 0 Å². The number of benzene rings is 1. The van der Waals surface area contributed by atoms with Crippen LogP contribution in [0.25, 0.3) is 0 Å². The van der Waals surface area contributed by atoms with Crippen molar-refractivity contribution < 1.29 is 22.6 Å². The number of halogens is 1. The first kappa shape index (κ1) is 16.3. The second-order valence-corrected chi connectivity index (χ2v) is 6.67. The standard InChI is InChI=1S/C13H13ClN2O5S/c1-22(19,20)21-16-10-6-11(15-12(7-10)13(17)18)8-2-4-9(14)5-3-8/h2-5,7,11,15H,6H2,1H3,(H,17,18)/b16-10-. The third-order valence-electron chi connectivity index (χ3n) is 2.85. The Balaban J connectivity index is 2.30. The van der Waals surface area contributed by atoms with E-state index in [0.29, 0.717) is 5.02 Å². The van der Waals surface area contributed by atoms with Crippen LogP contribution in [0.15, 0.2) is 41.2 Å². The molecule has 2 rings (SSSR count). The summed E-state index contributed by atoms with van der Waals surface area (Å²) in [6.07, 6.45) is 2.37. The second kappa shape index (κ2) is 6.37. The number of hydrogen-bond donors (Lipinski definition) is 2. The normalized spacial score (nSPS) is 20.2. The molecule has 1 aromatic carbocycles. The van der Waals surface area contributed by atoms with Crippen molar-refractivity contribution in [3.8, 4) is 0 Å². The smallest absolute Gasteiger partial charge is 0.352 e. The molecule has 0 amide bonds. The summed E-state index contributed by atoms with van der Waals surface area (Å²) >= 11 is 5.82. The molecule has 118 valence electrons. The molecule has 1 heterocycles. The van der Waals surface area contributed by atoms with E-state index < -0.39 is 16.1 Å². The fourth-order valence-electron chi connectivity index (χ4n) is 1.91. The van der Waals surface area contributed by atoms with Crippen LogP contribution in [0.4, 0.5) is 0 Å². The summed E-state index contributed by atoms with van der Waals surface area (Å²) in [4.78, 5) is 11.2. The predicted molar refractivity (Wildman–Crippen MR) is 81.0 cm³/mol. The number of hydrogen-bond acceptors (Lipinski definition) is 6. The lowest BCUT2D eigenvalue weighted by Gasteiger charge is -2.24. The average Bonchev–Trinajstić information content (AvgIpc) is 2.45. The molecule has 7 nitrogen and oxygen atoms in total. The fourth-order valence-corrected chi connectivity index (χ4v) is 2.27. The quantitative estimate of drug-likeness (QED) is 0.805. The van der Waals surface area contributed by atoms with E-state index in [2.05, 4.69) is 14.8 Å². The van der Waals surface area contributed by atoms with E-state index in [9.17, 15) is 13.2 Å². The van der Waals surface area contributed by atoms with Crippen LogP contribution in [0.5, 0.6) is 0 Å². The van der Waals surface area contributed by atoms with Gasteiger partial charge in [-0.1, -0.05) is 28.9 Å². The fraction of sp³-hybridized carbons (Fsp3) is 0.231. The van der Waals surface area contributed by atoms with Crippen LogP contribution in [0.1, 0.15) is 18.0 Å².